The van der Waals surface area contributed by atoms with Crippen molar-refractivity contribution in [3.8, 4) is 0 Å². The Morgan fingerprint density at radius 2 is 2.00 bits per heavy atom. The molecule has 0 aliphatic carbocycles. The Morgan fingerprint density at radius 3 is 2.57 bits per heavy atom. The van der Waals surface area contributed by atoms with Gasteiger partial charge < -0.3 is 15.3 Å². The van der Waals surface area contributed by atoms with Crippen molar-refractivity contribution in [2.24, 2.45) is 0 Å². The van der Waals surface area contributed by atoms with Crippen molar-refractivity contribution in [3.63, 3.8) is 0 Å². The van der Waals surface area contributed by atoms with Crippen molar-refractivity contribution >= 4 is 28.3 Å². The summed E-state index contributed by atoms with van der Waals surface area (Å²) in [5.41, 5.74) is 0.905. The number of carboxylic acids is 1. The number of anilines is 1. The van der Waals surface area contributed by atoms with Crippen LogP contribution in [0.25, 0.3) is 0 Å². The van der Waals surface area contributed by atoms with Gasteiger partial charge in [0.15, 0.2) is 5.13 Å². The third-order valence-corrected chi connectivity index (χ3v) is 4.21. The number of piperazine rings is 1. The zero-order chi connectivity index (χ0) is 15.2. The predicted molar refractivity (Wildman–Crippen MR) is 80.6 cm³/mol. The molecule has 1 aromatic rings. The van der Waals surface area contributed by atoms with Crippen LogP contribution in [-0.2, 0) is 9.59 Å². The van der Waals surface area contributed by atoms with E-state index in [-0.39, 0.29) is 12.3 Å². The molecule has 1 aliphatic rings. The number of rotatable bonds is 6. The lowest BCUT2D eigenvalue weighted by Gasteiger charge is -2.33. The fraction of sp³-hybridized carbons (Fsp3) is 0.615. The van der Waals surface area contributed by atoms with Gasteiger partial charge in [-0.3, -0.25) is 14.5 Å². The average molecular weight is 312 g/mol. The van der Waals surface area contributed by atoms with Crippen LogP contribution in [0.1, 0.15) is 12.1 Å². The number of aliphatic carboxylic acids is 1. The summed E-state index contributed by atoms with van der Waals surface area (Å²) in [6.07, 6.45) is 0.171. The first kappa shape index (κ1) is 15.9. The number of carboxylic acid groups (broad SMARTS) is 1. The van der Waals surface area contributed by atoms with E-state index < -0.39 is 5.97 Å². The van der Waals surface area contributed by atoms with E-state index in [9.17, 15) is 9.59 Å². The minimum absolute atomic E-state index is 0.0525. The topological polar surface area (TPSA) is 85.8 Å². The second kappa shape index (κ2) is 7.48. The maximum absolute atomic E-state index is 11.9. The van der Waals surface area contributed by atoms with E-state index in [1.807, 2.05) is 12.3 Å². The molecule has 1 fully saturated rings. The lowest BCUT2D eigenvalue weighted by Crippen LogP contribution is -2.48. The second-order valence-corrected chi connectivity index (χ2v) is 5.96. The second-order valence-electron chi connectivity index (χ2n) is 5.10. The number of aryl methyl sites for hydroxylation is 1. The Balaban J connectivity index is 1.68. The fourth-order valence-electron chi connectivity index (χ4n) is 2.20. The van der Waals surface area contributed by atoms with Crippen LogP contribution >= 0.6 is 11.3 Å². The smallest absolute Gasteiger partial charge is 0.304 e. The minimum atomic E-state index is -0.768. The van der Waals surface area contributed by atoms with Crippen LogP contribution in [0.5, 0.6) is 0 Å². The lowest BCUT2D eigenvalue weighted by atomic mass is 10.3. The van der Waals surface area contributed by atoms with Gasteiger partial charge in [0.1, 0.15) is 0 Å². The SMILES string of the molecule is Cc1csc(NC(=O)CN2CCN(CCC(=O)O)CC2)n1. The molecular weight excluding hydrogens is 292 g/mol. The molecule has 0 spiro atoms. The van der Waals surface area contributed by atoms with Crippen molar-refractivity contribution < 1.29 is 14.7 Å². The quantitative estimate of drug-likeness (QED) is 0.795. The summed E-state index contributed by atoms with van der Waals surface area (Å²) in [4.78, 5) is 30.8. The summed E-state index contributed by atoms with van der Waals surface area (Å²) in [5.74, 6) is -0.820. The number of nitrogens with one attached hydrogen (secondary N) is 1. The van der Waals surface area contributed by atoms with Gasteiger partial charge >= 0.3 is 5.97 Å². The zero-order valence-corrected chi connectivity index (χ0v) is 12.9. The number of carbonyl (C=O) groups is 2. The molecule has 21 heavy (non-hydrogen) atoms. The number of hydrogen-bond donors (Lipinski definition) is 2. The van der Waals surface area contributed by atoms with Gasteiger partial charge in [0.25, 0.3) is 0 Å². The molecule has 0 saturated carbocycles. The van der Waals surface area contributed by atoms with Gasteiger partial charge in [-0.05, 0) is 6.92 Å². The van der Waals surface area contributed by atoms with Gasteiger partial charge in [0, 0.05) is 38.1 Å². The highest BCUT2D eigenvalue weighted by Crippen LogP contribution is 2.14. The molecule has 2 N–H and O–H groups in total. The monoisotopic (exact) mass is 312 g/mol. The van der Waals surface area contributed by atoms with Crippen molar-refractivity contribution in [1.29, 1.82) is 0 Å². The Kier molecular flexibility index (Phi) is 5.66. The summed E-state index contributed by atoms with van der Waals surface area (Å²) in [7, 11) is 0. The Morgan fingerprint density at radius 1 is 1.33 bits per heavy atom. The molecule has 0 radical (unpaired) electrons. The maximum Gasteiger partial charge on any atom is 0.304 e. The number of aromatic nitrogens is 1. The highest BCUT2D eigenvalue weighted by molar-refractivity contribution is 7.13. The van der Waals surface area contributed by atoms with E-state index >= 15 is 0 Å². The number of nitrogens with zero attached hydrogens (tertiary/aromatic N) is 3. The largest absolute Gasteiger partial charge is 0.481 e. The van der Waals surface area contributed by atoms with Crippen LogP contribution in [0.2, 0.25) is 0 Å². The molecule has 0 aromatic carbocycles. The van der Waals surface area contributed by atoms with Crippen molar-refractivity contribution in [3.05, 3.63) is 11.1 Å². The van der Waals surface area contributed by atoms with Crippen LogP contribution in [0.4, 0.5) is 5.13 Å². The van der Waals surface area contributed by atoms with E-state index in [0.717, 1.165) is 31.9 Å². The van der Waals surface area contributed by atoms with E-state index in [4.69, 9.17) is 5.11 Å². The summed E-state index contributed by atoms with van der Waals surface area (Å²) in [5, 5.41) is 14.0. The molecule has 1 amide bonds. The summed E-state index contributed by atoms with van der Waals surface area (Å²) >= 11 is 1.42. The van der Waals surface area contributed by atoms with Crippen molar-refractivity contribution in [2.45, 2.75) is 13.3 Å². The first-order valence-corrected chi connectivity index (χ1v) is 7.79. The Labute approximate surface area is 127 Å². The fourth-order valence-corrected chi connectivity index (χ4v) is 2.90. The molecule has 8 heteroatoms. The third kappa shape index (κ3) is 5.41. The molecule has 0 bridgehead atoms. The summed E-state index contributed by atoms with van der Waals surface area (Å²) in [6.45, 7) is 5.99. The summed E-state index contributed by atoms with van der Waals surface area (Å²) < 4.78 is 0. The van der Waals surface area contributed by atoms with E-state index in [1.54, 1.807) is 0 Å². The molecule has 0 atom stereocenters. The Bertz CT molecular complexity index is 497. The molecule has 1 aliphatic heterocycles. The van der Waals surface area contributed by atoms with Crippen LogP contribution in [0.3, 0.4) is 0 Å². The molecule has 2 heterocycles. The van der Waals surface area contributed by atoms with Gasteiger partial charge in [-0.25, -0.2) is 4.98 Å². The Hall–Kier alpha value is -1.51. The number of amides is 1. The highest BCUT2D eigenvalue weighted by Gasteiger charge is 2.19. The highest BCUT2D eigenvalue weighted by atomic mass is 32.1. The number of hydrogen-bond acceptors (Lipinski definition) is 6. The zero-order valence-electron chi connectivity index (χ0n) is 12.0. The number of carbonyl (C=O) groups excluding carboxylic acids is 1. The van der Waals surface area contributed by atoms with Crippen molar-refractivity contribution in [2.75, 3.05) is 44.6 Å². The maximum atomic E-state index is 11.9. The molecule has 1 aromatic heterocycles. The van der Waals surface area contributed by atoms with Gasteiger partial charge in [-0.2, -0.15) is 0 Å². The lowest BCUT2D eigenvalue weighted by molar-refractivity contribution is -0.137. The molecule has 7 nitrogen and oxygen atoms in total. The van der Waals surface area contributed by atoms with Gasteiger partial charge in [0.05, 0.1) is 18.7 Å². The van der Waals surface area contributed by atoms with Crippen molar-refractivity contribution in [1.82, 2.24) is 14.8 Å². The van der Waals surface area contributed by atoms with Gasteiger partial charge in [-0.1, -0.05) is 0 Å². The first-order valence-electron chi connectivity index (χ1n) is 6.91. The van der Waals surface area contributed by atoms with E-state index in [1.165, 1.54) is 11.3 Å². The van der Waals surface area contributed by atoms with Crippen LogP contribution in [-0.4, -0.2) is 71.0 Å². The van der Waals surface area contributed by atoms with E-state index in [2.05, 4.69) is 20.1 Å². The molecule has 116 valence electrons. The predicted octanol–water partition coefficient (Wildman–Crippen LogP) is 0.482. The van der Waals surface area contributed by atoms with Crippen LogP contribution < -0.4 is 5.32 Å². The normalized spacial score (nSPS) is 16.8. The van der Waals surface area contributed by atoms with Gasteiger partial charge in [-0.15, -0.1) is 11.3 Å². The third-order valence-electron chi connectivity index (χ3n) is 3.34. The standard InChI is InChI=1S/C13H20N4O3S/c1-10-9-21-13(14-10)15-11(18)8-17-6-4-16(5-7-17)3-2-12(19)20/h9H,2-8H2,1H3,(H,19,20)(H,14,15,18). The first-order chi connectivity index (χ1) is 10.0. The average Bonchev–Trinajstić information content (AvgIpc) is 2.83. The molecule has 1 saturated heterocycles. The summed E-state index contributed by atoms with van der Waals surface area (Å²) in [6, 6.07) is 0. The molecular formula is C13H20N4O3S. The van der Waals surface area contributed by atoms with Crippen LogP contribution in [0, 0.1) is 6.92 Å². The molecule has 0 unspecified atom stereocenters. The molecule has 2 rings (SSSR count). The van der Waals surface area contributed by atoms with Crippen LogP contribution in [0.15, 0.2) is 5.38 Å². The van der Waals surface area contributed by atoms with Gasteiger partial charge in [0.2, 0.25) is 5.91 Å². The number of thiazole rings is 1. The van der Waals surface area contributed by atoms with E-state index in [0.29, 0.717) is 18.2 Å². The minimum Gasteiger partial charge on any atom is -0.481 e.